The van der Waals surface area contributed by atoms with E-state index >= 15 is 0 Å². The van der Waals surface area contributed by atoms with Crippen LogP contribution in [-0.4, -0.2) is 40.1 Å². The van der Waals surface area contributed by atoms with Gasteiger partial charge in [-0.2, -0.15) is 0 Å². The van der Waals surface area contributed by atoms with Gasteiger partial charge in [-0.3, -0.25) is 4.79 Å². The van der Waals surface area contributed by atoms with Gasteiger partial charge in [0, 0.05) is 36.8 Å². The smallest absolute Gasteiger partial charge is 0.238 e. The number of nitrogens with zero attached hydrogens (tertiary/aromatic N) is 3. The van der Waals surface area contributed by atoms with E-state index < -0.39 is 0 Å². The van der Waals surface area contributed by atoms with Crippen LogP contribution in [0.4, 0.5) is 0 Å². The quantitative estimate of drug-likeness (QED) is 0.842. The van der Waals surface area contributed by atoms with Crippen molar-refractivity contribution in [2.24, 2.45) is 0 Å². The lowest BCUT2D eigenvalue weighted by Gasteiger charge is -2.16. The number of fused-ring (bicyclic) bond motifs is 1. The van der Waals surface area contributed by atoms with Crippen LogP contribution in [0.25, 0.3) is 10.9 Å². The first-order valence-electron chi connectivity index (χ1n) is 7.98. The van der Waals surface area contributed by atoms with Gasteiger partial charge in [-0.25, -0.2) is 4.98 Å². The number of amides is 1. The highest BCUT2D eigenvalue weighted by molar-refractivity contribution is 5.88. The lowest BCUT2D eigenvalue weighted by atomic mass is 10.2. The average Bonchev–Trinajstić information content (AvgIpc) is 3.03. The third kappa shape index (κ3) is 3.15. The van der Waals surface area contributed by atoms with Gasteiger partial charge in [0.15, 0.2) is 0 Å². The number of carbonyl (C=O) groups excluding carboxylic acids is 1. The summed E-state index contributed by atoms with van der Waals surface area (Å²) in [6.07, 6.45) is 3.43. The molecule has 1 aliphatic heterocycles. The molecule has 3 rings (SSSR count). The highest BCUT2D eigenvalue weighted by Gasteiger charge is 2.20. The predicted molar refractivity (Wildman–Crippen MR) is 93.4 cm³/mol. The fourth-order valence-electron chi connectivity index (χ4n) is 3.26. The molecule has 23 heavy (non-hydrogen) atoms. The number of halogens is 1. The van der Waals surface area contributed by atoms with Gasteiger partial charge in [0.1, 0.15) is 12.1 Å². The monoisotopic (exact) mass is 337 g/mol. The number of pyridine rings is 1. The van der Waals surface area contributed by atoms with Crippen LogP contribution < -0.4 is 4.74 Å². The fourth-order valence-corrected chi connectivity index (χ4v) is 3.26. The normalized spacial score (nSPS) is 14.4. The molecule has 0 N–H and O–H groups in total. The molecule has 1 aliphatic rings. The zero-order valence-electron chi connectivity index (χ0n) is 14.0. The maximum atomic E-state index is 11.6. The molecule has 1 saturated heterocycles. The molecular formula is C17H24ClN3O2. The van der Waals surface area contributed by atoms with Crippen molar-refractivity contribution in [3.05, 3.63) is 23.5 Å². The Morgan fingerprint density at radius 3 is 2.78 bits per heavy atom. The van der Waals surface area contributed by atoms with Crippen molar-refractivity contribution in [3.63, 3.8) is 0 Å². The summed E-state index contributed by atoms with van der Waals surface area (Å²) in [5, 5.41) is 1.20. The number of hydrogen-bond acceptors (Lipinski definition) is 3. The summed E-state index contributed by atoms with van der Waals surface area (Å²) in [6, 6.07) is 2.04. The number of rotatable bonds is 5. The van der Waals surface area contributed by atoms with Gasteiger partial charge < -0.3 is 14.2 Å². The van der Waals surface area contributed by atoms with Crippen LogP contribution in [0.15, 0.2) is 12.3 Å². The lowest BCUT2D eigenvalue weighted by molar-refractivity contribution is -0.128. The predicted octanol–water partition coefficient (Wildman–Crippen LogP) is 3.10. The summed E-state index contributed by atoms with van der Waals surface area (Å²) in [4.78, 5) is 17.9. The standard InChI is InChI=1S/C17H23N3O2.ClH/c1-4-20-13(3)12(2)14-7-8-18-17(16(14)20)22-11-10-19-9-5-6-15(19)21;/h7-8H,4-6,9-11H2,1-3H3;1H. The molecule has 126 valence electrons. The summed E-state index contributed by atoms with van der Waals surface area (Å²) in [6.45, 7) is 9.27. The third-order valence-corrected chi connectivity index (χ3v) is 4.60. The van der Waals surface area contributed by atoms with E-state index in [0.717, 1.165) is 25.0 Å². The van der Waals surface area contributed by atoms with E-state index in [2.05, 4.69) is 30.3 Å². The van der Waals surface area contributed by atoms with Crippen molar-refractivity contribution in [2.75, 3.05) is 19.7 Å². The van der Waals surface area contributed by atoms with Crippen molar-refractivity contribution >= 4 is 29.2 Å². The van der Waals surface area contributed by atoms with Gasteiger partial charge in [-0.05, 0) is 38.8 Å². The van der Waals surface area contributed by atoms with Crippen molar-refractivity contribution in [1.82, 2.24) is 14.5 Å². The number of likely N-dealkylation sites (tertiary alicyclic amines) is 1. The topological polar surface area (TPSA) is 47.4 Å². The molecule has 1 amide bonds. The molecule has 0 bridgehead atoms. The third-order valence-electron chi connectivity index (χ3n) is 4.60. The van der Waals surface area contributed by atoms with E-state index in [1.807, 2.05) is 11.0 Å². The van der Waals surface area contributed by atoms with Crippen LogP contribution in [0.5, 0.6) is 5.88 Å². The van der Waals surface area contributed by atoms with E-state index in [0.29, 0.717) is 25.5 Å². The molecule has 0 radical (unpaired) electrons. The minimum Gasteiger partial charge on any atom is -0.474 e. The number of aryl methyl sites for hydroxylation is 2. The second-order valence-electron chi connectivity index (χ2n) is 5.80. The molecule has 6 heteroatoms. The summed E-state index contributed by atoms with van der Waals surface area (Å²) < 4.78 is 8.16. The van der Waals surface area contributed by atoms with E-state index in [4.69, 9.17) is 4.74 Å². The molecule has 0 unspecified atom stereocenters. The Morgan fingerprint density at radius 2 is 2.13 bits per heavy atom. The number of ether oxygens (including phenoxy) is 1. The van der Waals surface area contributed by atoms with Gasteiger partial charge in [0.2, 0.25) is 11.8 Å². The van der Waals surface area contributed by atoms with Crippen molar-refractivity contribution in [1.29, 1.82) is 0 Å². The molecule has 0 spiro atoms. The van der Waals surface area contributed by atoms with Crippen LogP contribution in [0, 0.1) is 13.8 Å². The van der Waals surface area contributed by atoms with E-state index in [1.54, 1.807) is 6.20 Å². The molecular weight excluding hydrogens is 314 g/mol. The molecule has 0 saturated carbocycles. The lowest BCUT2D eigenvalue weighted by Crippen LogP contribution is -2.29. The summed E-state index contributed by atoms with van der Waals surface area (Å²) in [5.41, 5.74) is 3.59. The highest BCUT2D eigenvalue weighted by Crippen LogP contribution is 2.30. The van der Waals surface area contributed by atoms with Gasteiger partial charge in [-0.1, -0.05) is 0 Å². The van der Waals surface area contributed by atoms with Gasteiger partial charge in [-0.15, -0.1) is 12.4 Å². The largest absolute Gasteiger partial charge is 0.474 e. The van der Waals surface area contributed by atoms with E-state index in [1.165, 1.54) is 16.6 Å². The molecule has 2 aromatic rings. The molecule has 0 aliphatic carbocycles. The minimum absolute atomic E-state index is 0. The average molecular weight is 338 g/mol. The second kappa shape index (κ2) is 7.21. The van der Waals surface area contributed by atoms with Crippen molar-refractivity contribution < 1.29 is 9.53 Å². The van der Waals surface area contributed by atoms with Gasteiger partial charge in [0.25, 0.3) is 0 Å². The van der Waals surface area contributed by atoms with E-state index in [-0.39, 0.29) is 18.3 Å². The number of hydrogen-bond donors (Lipinski definition) is 0. The first kappa shape index (κ1) is 17.6. The van der Waals surface area contributed by atoms with Crippen molar-refractivity contribution in [2.45, 2.75) is 40.2 Å². The molecule has 0 aromatic carbocycles. The van der Waals surface area contributed by atoms with Gasteiger partial charge in [0.05, 0.1) is 6.54 Å². The van der Waals surface area contributed by atoms with Crippen LogP contribution in [0.1, 0.15) is 31.0 Å². The Bertz CT molecular complexity index is 711. The zero-order chi connectivity index (χ0) is 15.7. The first-order chi connectivity index (χ1) is 10.6. The minimum atomic E-state index is 0. The van der Waals surface area contributed by atoms with E-state index in [9.17, 15) is 4.79 Å². The summed E-state index contributed by atoms with van der Waals surface area (Å²) in [5.74, 6) is 0.903. The SMILES string of the molecule is CCn1c(C)c(C)c2ccnc(OCCN3CCCC3=O)c21.Cl. The van der Waals surface area contributed by atoms with Crippen LogP contribution >= 0.6 is 12.4 Å². The molecule has 1 fully saturated rings. The number of aromatic nitrogens is 2. The Balaban J connectivity index is 0.00000192. The van der Waals surface area contributed by atoms with Crippen molar-refractivity contribution in [3.8, 4) is 5.88 Å². The fraction of sp³-hybridized carbons (Fsp3) is 0.529. The summed E-state index contributed by atoms with van der Waals surface area (Å²) >= 11 is 0. The first-order valence-corrected chi connectivity index (χ1v) is 7.98. The second-order valence-corrected chi connectivity index (χ2v) is 5.80. The highest BCUT2D eigenvalue weighted by atomic mass is 35.5. The molecule has 3 heterocycles. The maximum absolute atomic E-state index is 11.6. The maximum Gasteiger partial charge on any atom is 0.238 e. The van der Waals surface area contributed by atoms with Crippen LogP contribution in [0.2, 0.25) is 0 Å². The Kier molecular flexibility index (Phi) is 5.52. The Morgan fingerprint density at radius 1 is 1.35 bits per heavy atom. The molecule has 5 nitrogen and oxygen atoms in total. The molecule has 0 atom stereocenters. The Hall–Kier alpha value is -1.75. The summed E-state index contributed by atoms with van der Waals surface area (Å²) in [7, 11) is 0. The Labute approximate surface area is 143 Å². The molecule has 2 aromatic heterocycles. The van der Waals surface area contributed by atoms with Gasteiger partial charge >= 0.3 is 0 Å². The van der Waals surface area contributed by atoms with Crippen LogP contribution in [0.3, 0.4) is 0 Å². The zero-order valence-corrected chi connectivity index (χ0v) is 14.8. The van der Waals surface area contributed by atoms with Crippen LogP contribution in [-0.2, 0) is 11.3 Å². The number of carbonyl (C=O) groups is 1.